The molecule has 1 N–H and O–H groups in total. The number of likely N-dealkylation sites (tertiary alicyclic amines) is 1. The molecule has 0 saturated carbocycles. The summed E-state index contributed by atoms with van der Waals surface area (Å²) in [5.74, 6) is 0.939. The van der Waals surface area contributed by atoms with Gasteiger partial charge in [0.05, 0.1) is 6.04 Å². The van der Waals surface area contributed by atoms with Crippen molar-refractivity contribution in [1.82, 2.24) is 10.2 Å². The largest absolute Gasteiger partial charge is 0.351 e. The molecule has 1 aromatic rings. The minimum Gasteiger partial charge on any atom is -0.351 e. The highest BCUT2D eigenvalue weighted by Crippen LogP contribution is 2.18. The summed E-state index contributed by atoms with van der Waals surface area (Å²) in [6.07, 6.45) is 2.41. The van der Waals surface area contributed by atoms with Crippen molar-refractivity contribution in [2.45, 2.75) is 46.2 Å². The second-order valence-electron chi connectivity index (χ2n) is 6.10. The Labute approximate surface area is 122 Å². The zero-order valence-corrected chi connectivity index (χ0v) is 12.9. The molecule has 3 nitrogen and oxygen atoms in total. The highest BCUT2D eigenvalue weighted by atomic mass is 16.2. The average Bonchev–Trinajstić information content (AvgIpc) is 2.46. The minimum atomic E-state index is -0.0204. The van der Waals surface area contributed by atoms with Crippen LogP contribution in [0.15, 0.2) is 24.3 Å². The molecule has 1 heterocycles. The minimum absolute atomic E-state index is 0.0204. The van der Waals surface area contributed by atoms with Crippen LogP contribution in [0.5, 0.6) is 0 Å². The SMILES string of the molecule is Cc1ccc(CNC(=O)[C@@H](C)N2CCC(C)CC2)cc1. The van der Waals surface area contributed by atoms with Crippen LogP contribution in [0.4, 0.5) is 0 Å². The van der Waals surface area contributed by atoms with E-state index >= 15 is 0 Å². The van der Waals surface area contributed by atoms with Gasteiger partial charge in [-0.3, -0.25) is 9.69 Å². The fourth-order valence-corrected chi connectivity index (χ4v) is 2.62. The van der Waals surface area contributed by atoms with E-state index in [-0.39, 0.29) is 11.9 Å². The highest BCUT2D eigenvalue weighted by molar-refractivity contribution is 5.81. The molecule has 0 radical (unpaired) electrons. The van der Waals surface area contributed by atoms with Crippen LogP contribution in [0.1, 0.15) is 37.8 Å². The third kappa shape index (κ3) is 4.07. The van der Waals surface area contributed by atoms with Crippen LogP contribution < -0.4 is 5.32 Å². The van der Waals surface area contributed by atoms with Crippen molar-refractivity contribution in [2.75, 3.05) is 13.1 Å². The number of amides is 1. The Morgan fingerprint density at radius 2 is 1.90 bits per heavy atom. The van der Waals surface area contributed by atoms with Crippen LogP contribution in [-0.2, 0) is 11.3 Å². The molecule has 20 heavy (non-hydrogen) atoms. The maximum Gasteiger partial charge on any atom is 0.237 e. The van der Waals surface area contributed by atoms with Gasteiger partial charge in [0.15, 0.2) is 0 Å². The molecule has 0 unspecified atom stereocenters. The van der Waals surface area contributed by atoms with Crippen LogP contribution in [-0.4, -0.2) is 29.9 Å². The first-order valence-corrected chi connectivity index (χ1v) is 7.63. The highest BCUT2D eigenvalue weighted by Gasteiger charge is 2.24. The number of piperidine rings is 1. The second-order valence-corrected chi connectivity index (χ2v) is 6.10. The van der Waals surface area contributed by atoms with E-state index in [0.29, 0.717) is 6.54 Å². The summed E-state index contributed by atoms with van der Waals surface area (Å²) in [7, 11) is 0. The quantitative estimate of drug-likeness (QED) is 0.915. The summed E-state index contributed by atoms with van der Waals surface area (Å²) in [5.41, 5.74) is 2.40. The summed E-state index contributed by atoms with van der Waals surface area (Å²) in [5, 5.41) is 3.05. The van der Waals surface area contributed by atoms with E-state index in [1.807, 2.05) is 6.92 Å². The molecular weight excluding hydrogens is 248 g/mol. The predicted octanol–water partition coefficient (Wildman–Crippen LogP) is 2.73. The molecule has 0 aromatic heterocycles. The number of aryl methyl sites for hydroxylation is 1. The molecule has 1 aliphatic heterocycles. The fourth-order valence-electron chi connectivity index (χ4n) is 2.62. The van der Waals surface area contributed by atoms with E-state index in [1.165, 1.54) is 18.4 Å². The van der Waals surface area contributed by atoms with Crippen LogP contribution in [0.3, 0.4) is 0 Å². The van der Waals surface area contributed by atoms with Crippen LogP contribution >= 0.6 is 0 Å². The molecule has 1 fully saturated rings. The summed E-state index contributed by atoms with van der Waals surface area (Å²) in [6.45, 7) is 9.08. The molecule has 1 amide bonds. The first-order chi connectivity index (χ1) is 9.56. The number of nitrogens with one attached hydrogen (secondary N) is 1. The van der Waals surface area contributed by atoms with Gasteiger partial charge in [0, 0.05) is 6.54 Å². The van der Waals surface area contributed by atoms with Gasteiger partial charge in [-0.25, -0.2) is 0 Å². The van der Waals surface area contributed by atoms with E-state index in [0.717, 1.165) is 24.6 Å². The maximum absolute atomic E-state index is 12.2. The summed E-state index contributed by atoms with van der Waals surface area (Å²) < 4.78 is 0. The van der Waals surface area contributed by atoms with E-state index in [1.54, 1.807) is 0 Å². The lowest BCUT2D eigenvalue weighted by molar-refractivity contribution is -0.126. The lowest BCUT2D eigenvalue weighted by atomic mass is 9.98. The number of carbonyl (C=O) groups is 1. The zero-order valence-electron chi connectivity index (χ0n) is 12.9. The van der Waals surface area contributed by atoms with Gasteiger partial charge in [0.25, 0.3) is 0 Å². The van der Waals surface area contributed by atoms with Crippen molar-refractivity contribution in [3.8, 4) is 0 Å². The van der Waals surface area contributed by atoms with E-state index in [9.17, 15) is 4.79 Å². The van der Waals surface area contributed by atoms with Crippen molar-refractivity contribution in [1.29, 1.82) is 0 Å². The monoisotopic (exact) mass is 274 g/mol. The lowest BCUT2D eigenvalue weighted by Crippen LogP contribution is -2.47. The number of hydrogen-bond donors (Lipinski definition) is 1. The van der Waals surface area contributed by atoms with Gasteiger partial charge in [-0.1, -0.05) is 36.8 Å². The van der Waals surface area contributed by atoms with Crippen molar-refractivity contribution in [2.24, 2.45) is 5.92 Å². The van der Waals surface area contributed by atoms with Crippen molar-refractivity contribution >= 4 is 5.91 Å². The third-order valence-corrected chi connectivity index (χ3v) is 4.33. The van der Waals surface area contributed by atoms with Crippen LogP contribution in [0.2, 0.25) is 0 Å². The number of nitrogens with zero attached hydrogens (tertiary/aromatic N) is 1. The molecule has 0 spiro atoms. The Balaban J connectivity index is 1.80. The molecule has 110 valence electrons. The molecule has 1 aliphatic rings. The number of benzene rings is 1. The Bertz CT molecular complexity index is 433. The van der Waals surface area contributed by atoms with Gasteiger partial charge in [-0.15, -0.1) is 0 Å². The first-order valence-electron chi connectivity index (χ1n) is 7.63. The Hall–Kier alpha value is -1.35. The molecule has 1 atom stereocenters. The van der Waals surface area contributed by atoms with Gasteiger partial charge in [-0.05, 0) is 51.3 Å². The first kappa shape index (κ1) is 15.0. The van der Waals surface area contributed by atoms with Crippen molar-refractivity contribution in [3.63, 3.8) is 0 Å². The summed E-state index contributed by atoms with van der Waals surface area (Å²) in [6, 6.07) is 8.28. The van der Waals surface area contributed by atoms with Gasteiger partial charge in [-0.2, -0.15) is 0 Å². The van der Waals surface area contributed by atoms with Crippen LogP contribution in [0, 0.1) is 12.8 Å². The Kier molecular flexibility index (Phi) is 5.18. The second kappa shape index (κ2) is 6.89. The zero-order chi connectivity index (χ0) is 14.5. The normalized spacial score (nSPS) is 18.8. The number of rotatable bonds is 4. The van der Waals surface area contributed by atoms with Crippen molar-refractivity contribution in [3.05, 3.63) is 35.4 Å². The average molecular weight is 274 g/mol. The number of hydrogen-bond acceptors (Lipinski definition) is 2. The van der Waals surface area contributed by atoms with E-state index in [2.05, 4.69) is 48.3 Å². The Morgan fingerprint density at radius 3 is 2.50 bits per heavy atom. The molecular formula is C17H26N2O. The van der Waals surface area contributed by atoms with Gasteiger partial charge >= 0.3 is 0 Å². The van der Waals surface area contributed by atoms with E-state index < -0.39 is 0 Å². The van der Waals surface area contributed by atoms with Gasteiger partial charge < -0.3 is 5.32 Å². The Morgan fingerprint density at radius 1 is 1.30 bits per heavy atom. The molecule has 0 bridgehead atoms. The standard InChI is InChI=1S/C17H26N2O/c1-13-4-6-16(7-5-13)12-18-17(20)15(3)19-10-8-14(2)9-11-19/h4-7,14-15H,8-12H2,1-3H3,(H,18,20)/t15-/m1/s1. The molecule has 3 heteroatoms. The predicted molar refractivity (Wildman–Crippen MR) is 82.5 cm³/mol. The lowest BCUT2D eigenvalue weighted by Gasteiger charge is -2.34. The summed E-state index contributed by atoms with van der Waals surface area (Å²) >= 11 is 0. The summed E-state index contributed by atoms with van der Waals surface area (Å²) in [4.78, 5) is 14.5. The topological polar surface area (TPSA) is 32.3 Å². The maximum atomic E-state index is 12.2. The number of carbonyl (C=O) groups excluding carboxylic acids is 1. The molecule has 0 aliphatic carbocycles. The van der Waals surface area contributed by atoms with Crippen molar-refractivity contribution < 1.29 is 4.79 Å². The third-order valence-electron chi connectivity index (χ3n) is 4.33. The van der Waals surface area contributed by atoms with Gasteiger partial charge in [0.2, 0.25) is 5.91 Å². The smallest absolute Gasteiger partial charge is 0.237 e. The fraction of sp³-hybridized carbons (Fsp3) is 0.588. The van der Waals surface area contributed by atoms with Gasteiger partial charge in [0.1, 0.15) is 0 Å². The molecule has 1 saturated heterocycles. The van der Waals surface area contributed by atoms with E-state index in [4.69, 9.17) is 0 Å². The molecule has 2 rings (SSSR count). The van der Waals surface area contributed by atoms with Crippen LogP contribution in [0.25, 0.3) is 0 Å². The molecule has 1 aromatic carbocycles.